The third kappa shape index (κ3) is 1.68. The summed E-state index contributed by atoms with van der Waals surface area (Å²) >= 11 is 1.40. The van der Waals surface area contributed by atoms with Crippen molar-refractivity contribution in [2.45, 2.75) is 45.2 Å². The van der Waals surface area contributed by atoms with Crippen LogP contribution in [0.2, 0.25) is 0 Å². The monoisotopic (exact) mass is 212 g/mol. The van der Waals surface area contributed by atoms with Gasteiger partial charge in [0.15, 0.2) is 0 Å². The first-order valence-corrected chi connectivity index (χ1v) is 5.83. The van der Waals surface area contributed by atoms with Gasteiger partial charge in [0.25, 0.3) is 0 Å². The zero-order valence-electron chi connectivity index (χ0n) is 8.60. The van der Waals surface area contributed by atoms with Gasteiger partial charge in [-0.15, -0.1) is 0 Å². The average Bonchev–Trinajstić information content (AvgIpc) is 2.51. The lowest BCUT2D eigenvalue weighted by Crippen LogP contribution is -2.43. The molecule has 2 rings (SSSR count). The van der Waals surface area contributed by atoms with Crippen LogP contribution in [0.5, 0.6) is 0 Å². The van der Waals surface area contributed by atoms with Crippen molar-refractivity contribution in [3.05, 3.63) is 0 Å². The molecule has 78 valence electrons. The van der Waals surface area contributed by atoms with Crippen molar-refractivity contribution >= 4 is 22.6 Å². The van der Waals surface area contributed by atoms with Crippen molar-refractivity contribution in [3.63, 3.8) is 0 Å². The van der Waals surface area contributed by atoms with Crippen molar-refractivity contribution in [2.24, 2.45) is 0 Å². The molecule has 0 aliphatic carbocycles. The Kier molecular flexibility index (Phi) is 2.58. The van der Waals surface area contributed by atoms with Crippen LogP contribution < -0.4 is 10.6 Å². The molecule has 1 aliphatic rings. The first-order chi connectivity index (χ1) is 6.68. The van der Waals surface area contributed by atoms with Gasteiger partial charge in [0.1, 0.15) is 0 Å². The van der Waals surface area contributed by atoms with Gasteiger partial charge in [-0.05, 0) is 33.1 Å². The van der Waals surface area contributed by atoms with Crippen LogP contribution in [0.25, 0.3) is 0 Å². The fraction of sp³-hybridized carbons (Fsp3) is 0.778. The second-order valence-corrected chi connectivity index (χ2v) is 4.70. The topological polar surface area (TPSA) is 55.0 Å². The van der Waals surface area contributed by atoms with Gasteiger partial charge >= 0.3 is 0 Å². The number of piperidine rings is 1. The number of hydrogen-bond acceptors (Lipinski definition) is 5. The molecule has 0 spiro atoms. The molecule has 1 aromatic rings. The maximum Gasteiger partial charge on any atom is 0.233 e. The van der Waals surface area contributed by atoms with Gasteiger partial charge < -0.3 is 10.6 Å². The van der Waals surface area contributed by atoms with Crippen molar-refractivity contribution < 1.29 is 0 Å². The van der Waals surface area contributed by atoms with Gasteiger partial charge in [0.05, 0.1) is 0 Å². The Labute approximate surface area is 88.3 Å². The number of nitrogens with two attached hydrogens (primary N) is 1. The van der Waals surface area contributed by atoms with Crippen molar-refractivity contribution in [2.75, 3.05) is 10.6 Å². The molecule has 0 radical (unpaired) electrons. The van der Waals surface area contributed by atoms with Gasteiger partial charge in [0.2, 0.25) is 11.1 Å². The molecule has 1 fully saturated rings. The van der Waals surface area contributed by atoms with E-state index in [0.717, 1.165) is 5.13 Å². The first-order valence-electron chi connectivity index (χ1n) is 5.06. The fourth-order valence-corrected chi connectivity index (χ4v) is 2.93. The van der Waals surface area contributed by atoms with Crippen LogP contribution in [-0.4, -0.2) is 21.4 Å². The van der Waals surface area contributed by atoms with Crippen LogP contribution in [0.1, 0.15) is 33.1 Å². The van der Waals surface area contributed by atoms with E-state index in [0.29, 0.717) is 18.0 Å². The third-order valence-corrected chi connectivity index (χ3v) is 3.59. The number of nitrogens with zero attached hydrogens (tertiary/aromatic N) is 3. The van der Waals surface area contributed by atoms with Crippen LogP contribution in [0.4, 0.5) is 11.1 Å². The zero-order valence-corrected chi connectivity index (χ0v) is 9.42. The van der Waals surface area contributed by atoms with Gasteiger partial charge in [-0.3, -0.25) is 0 Å². The van der Waals surface area contributed by atoms with Crippen molar-refractivity contribution in [3.8, 4) is 0 Å². The Balaban J connectivity index is 2.22. The quantitative estimate of drug-likeness (QED) is 0.772. The highest BCUT2D eigenvalue weighted by Gasteiger charge is 2.27. The molecular weight excluding hydrogens is 196 g/mol. The summed E-state index contributed by atoms with van der Waals surface area (Å²) in [6.07, 6.45) is 3.79. The molecule has 0 saturated carbocycles. The van der Waals surface area contributed by atoms with Gasteiger partial charge in [-0.2, -0.15) is 9.36 Å². The highest BCUT2D eigenvalue weighted by atomic mass is 32.1. The van der Waals surface area contributed by atoms with Crippen LogP contribution >= 0.6 is 11.5 Å². The molecule has 1 saturated heterocycles. The predicted molar refractivity (Wildman–Crippen MR) is 59.6 cm³/mol. The maximum absolute atomic E-state index is 5.54. The number of rotatable bonds is 1. The molecular formula is C9H16N4S. The molecule has 0 bridgehead atoms. The molecule has 2 atom stereocenters. The lowest BCUT2D eigenvalue weighted by Gasteiger charge is -2.38. The van der Waals surface area contributed by atoms with Crippen molar-refractivity contribution in [1.82, 2.24) is 9.36 Å². The lowest BCUT2D eigenvalue weighted by molar-refractivity contribution is 0.414. The standard InChI is InChI=1S/C9H16N4S/c1-6-4-3-5-7(2)13(6)9-11-8(10)12-14-9/h6-7H,3-5H2,1-2H3,(H2,10,12). The highest BCUT2D eigenvalue weighted by Crippen LogP contribution is 2.30. The van der Waals surface area contributed by atoms with E-state index in [2.05, 4.69) is 28.1 Å². The largest absolute Gasteiger partial charge is 0.367 e. The molecule has 2 heterocycles. The number of anilines is 2. The smallest absolute Gasteiger partial charge is 0.233 e. The number of nitrogen functional groups attached to an aromatic ring is 1. The van der Waals surface area contributed by atoms with Crippen LogP contribution in [0.15, 0.2) is 0 Å². The van der Waals surface area contributed by atoms with E-state index in [4.69, 9.17) is 5.73 Å². The fourth-order valence-electron chi connectivity index (χ4n) is 2.13. The summed E-state index contributed by atoms with van der Waals surface area (Å²) < 4.78 is 4.03. The predicted octanol–water partition coefficient (Wildman–Crippen LogP) is 1.89. The minimum Gasteiger partial charge on any atom is -0.367 e. The van der Waals surface area contributed by atoms with Gasteiger partial charge in [-0.25, -0.2) is 0 Å². The SMILES string of the molecule is CC1CCCC(C)N1c1nc(N)ns1. The second kappa shape index (κ2) is 3.73. The molecule has 14 heavy (non-hydrogen) atoms. The molecule has 0 amide bonds. The molecule has 4 nitrogen and oxygen atoms in total. The van der Waals surface area contributed by atoms with E-state index in [1.54, 1.807) is 0 Å². The van der Waals surface area contributed by atoms with Crippen LogP contribution in [0.3, 0.4) is 0 Å². The summed E-state index contributed by atoms with van der Waals surface area (Å²) in [5, 5.41) is 0.974. The highest BCUT2D eigenvalue weighted by molar-refractivity contribution is 7.09. The second-order valence-electron chi connectivity index (χ2n) is 3.97. The Morgan fingerprint density at radius 3 is 2.50 bits per heavy atom. The van der Waals surface area contributed by atoms with E-state index >= 15 is 0 Å². The van der Waals surface area contributed by atoms with Crippen LogP contribution in [-0.2, 0) is 0 Å². The normalized spacial score (nSPS) is 28.0. The summed E-state index contributed by atoms with van der Waals surface area (Å²) in [5.41, 5.74) is 5.54. The van der Waals surface area contributed by atoms with E-state index in [1.165, 1.54) is 30.8 Å². The van der Waals surface area contributed by atoms with E-state index in [9.17, 15) is 0 Å². The van der Waals surface area contributed by atoms with E-state index in [1.807, 2.05) is 0 Å². The molecule has 2 unspecified atom stereocenters. The Morgan fingerprint density at radius 2 is 2.00 bits per heavy atom. The zero-order chi connectivity index (χ0) is 10.1. The maximum atomic E-state index is 5.54. The molecule has 2 N–H and O–H groups in total. The Morgan fingerprint density at radius 1 is 1.36 bits per heavy atom. The Hall–Kier alpha value is -0.840. The number of hydrogen-bond donors (Lipinski definition) is 1. The summed E-state index contributed by atoms with van der Waals surface area (Å²) in [7, 11) is 0. The summed E-state index contributed by atoms with van der Waals surface area (Å²) in [5.74, 6) is 0.398. The third-order valence-electron chi connectivity index (χ3n) is 2.85. The molecule has 5 heteroatoms. The first kappa shape index (κ1) is 9.71. The van der Waals surface area contributed by atoms with Crippen molar-refractivity contribution in [1.29, 1.82) is 0 Å². The van der Waals surface area contributed by atoms with Gasteiger partial charge in [0, 0.05) is 23.6 Å². The average molecular weight is 212 g/mol. The minimum atomic E-state index is 0.398. The lowest BCUT2D eigenvalue weighted by atomic mass is 9.98. The minimum absolute atomic E-state index is 0.398. The summed E-state index contributed by atoms with van der Waals surface area (Å²) in [6.45, 7) is 4.49. The Bertz CT molecular complexity index is 302. The van der Waals surface area contributed by atoms with Crippen LogP contribution in [0, 0.1) is 0 Å². The van der Waals surface area contributed by atoms with Gasteiger partial charge in [-0.1, -0.05) is 0 Å². The molecule has 1 aromatic heterocycles. The molecule has 0 aromatic carbocycles. The van der Waals surface area contributed by atoms with E-state index < -0.39 is 0 Å². The summed E-state index contributed by atoms with van der Waals surface area (Å²) in [4.78, 5) is 6.59. The van der Waals surface area contributed by atoms with E-state index in [-0.39, 0.29) is 0 Å². The summed E-state index contributed by atoms with van der Waals surface area (Å²) in [6, 6.07) is 1.12. The molecule has 1 aliphatic heterocycles. The number of aromatic nitrogens is 2.